The lowest BCUT2D eigenvalue weighted by Crippen LogP contribution is -2.50. The van der Waals surface area contributed by atoms with Gasteiger partial charge in [0, 0.05) is 38.8 Å². The third-order valence-electron chi connectivity index (χ3n) is 5.97. The molecule has 184 valence electrons. The van der Waals surface area contributed by atoms with E-state index in [0.717, 1.165) is 5.57 Å². The molecule has 1 amide bonds. The lowest BCUT2D eigenvalue weighted by atomic mass is 10.1. The molecule has 0 unspecified atom stereocenters. The Morgan fingerprint density at radius 3 is 2.47 bits per heavy atom. The van der Waals surface area contributed by atoms with Crippen molar-refractivity contribution in [2.45, 2.75) is 53.2 Å². The fourth-order valence-corrected chi connectivity index (χ4v) is 4.32. The molecule has 4 heterocycles. The van der Waals surface area contributed by atoms with Gasteiger partial charge in [-0.05, 0) is 39.7 Å². The number of ether oxygens (including phenoxy) is 2. The Labute approximate surface area is 197 Å². The van der Waals surface area contributed by atoms with Crippen molar-refractivity contribution >= 4 is 28.9 Å². The maximum absolute atomic E-state index is 13.6. The Kier molecular flexibility index (Phi) is 6.48. The third kappa shape index (κ3) is 4.84. The molecule has 1 fully saturated rings. The minimum Gasteiger partial charge on any atom is -0.459 e. The Balaban J connectivity index is 1.80. The number of carbonyl (C=O) groups excluding carboxylic acids is 2. The molecule has 0 aliphatic carbocycles. The van der Waals surface area contributed by atoms with Gasteiger partial charge in [0.1, 0.15) is 17.8 Å². The first-order chi connectivity index (χ1) is 16.0. The van der Waals surface area contributed by atoms with Crippen LogP contribution in [0.15, 0.2) is 10.9 Å². The Morgan fingerprint density at radius 2 is 1.88 bits per heavy atom. The van der Waals surface area contributed by atoms with Crippen LogP contribution in [0.25, 0.3) is 11.4 Å². The first kappa shape index (κ1) is 23.9. The molecule has 11 nitrogen and oxygen atoms in total. The van der Waals surface area contributed by atoms with E-state index in [2.05, 4.69) is 10.1 Å². The second-order valence-electron chi connectivity index (χ2n) is 9.61. The van der Waals surface area contributed by atoms with E-state index in [1.165, 1.54) is 4.52 Å². The van der Waals surface area contributed by atoms with Gasteiger partial charge in [-0.25, -0.2) is 0 Å². The molecule has 34 heavy (non-hydrogen) atoms. The predicted molar refractivity (Wildman–Crippen MR) is 126 cm³/mol. The highest BCUT2D eigenvalue weighted by Gasteiger charge is 2.28. The summed E-state index contributed by atoms with van der Waals surface area (Å²) >= 11 is 0. The predicted octanol–water partition coefficient (Wildman–Crippen LogP) is 1.01. The van der Waals surface area contributed by atoms with E-state index in [0.29, 0.717) is 68.8 Å². The molecule has 2 aliphatic rings. The number of carbonyl (C=O) groups is 2. The third-order valence-corrected chi connectivity index (χ3v) is 5.97. The number of fused-ring (bicyclic) bond motifs is 1. The van der Waals surface area contributed by atoms with Crippen LogP contribution in [0.5, 0.6) is 0 Å². The summed E-state index contributed by atoms with van der Waals surface area (Å²) in [4.78, 5) is 46.5. The number of anilines is 1. The summed E-state index contributed by atoms with van der Waals surface area (Å²) in [7, 11) is 0. The van der Waals surface area contributed by atoms with Crippen LogP contribution < -0.4 is 10.5 Å². The van der Waals surface area contributed by atoms with Crippen LogP contribution in [0.2, 0.25) is 0 Å². The van der Waals surface area contributed by atoms with E-state index < -0.39 is 11.6 Å². The van der Waals surface area contributed by atoms with Crippen molar-refractivity contribution < 1.29 is 19.1 Å². The number of aromatic nitrogens is 4. The molecular formula is C23H32N6O5. The second-order valence-corrected chi connectivity index (χ2v) is 9.61. The van der Waals surface area contributed by atoms with Gasteiger partial charge in [-0.3, -0.25) is 14.4 Å². The van der Waals surface area contributed by atoms with Crippen molar-refractivity contribution in [2.24, 2.45) is 0 Å². The zero-order valence-corrected chi connectivity index (χ0v) is 20.5. The molecule has 4 rings (SSSR count). The van der Waals surface area contributed by atoms with Crippen molar-refractivity contribution in [3.63, 3.8) is 0 Å². The Bertz CT molecular complexity index is 1200. The van der Waals surface area contributed by atoms with E-state index in [1.807, 2.05) is 31.7 Å². The van der Waals surface area contributed by atoms with Gasteiger partial charge in [-0.2, -0.15) is 9.50 Å². The summed E-state index contributed by atoms with van der Waals surface area (Å²) in [6.07, 6.45) is 2.56. The minimum absolute atomic E-state index is 0.0137. The number of rotatable bonds is 4. The van der Waals surface area contributed by atoms with Crippen molar-refractivity contribution in [3.05, 3.63) is 27.9 Å². The highest BCUT2D eigenvalue weighted by atomic mass is 16.6. The number of piperazine rings is 1. The molecule has 2 aromatic heterocycles. The fraction of sp³-hybridized carbons (Fsp3) is 0.609. The number of amides is 1. The van der Waals surface area contributed by atoms with Crippen molar-refractivity contribution in [3.8, 4) is 0 Å². The van der Waals surface area contributed by atoms with Crippen LogP contribution in [0, 0.1) is 6.92 Å². The number of hydrogen-bond donors (Lipinski definition) is 0. The summed E-state index contributed by atoms with van der Waals surface area (Å²) in [6, 6.07) is 0. The average molecular weight is 473 g/mol. The molecule has 0 spiro atoms. The van der Waals surface area contributed by atoms with Gasteiger partial charge in [-0.15, -0.1) is 5.10 Å². The zero-order chi connectivity index (χ0) is 24.6. The van der Waals surface area contributed by atoms with Gasteiger partial charge in [0.2, 0.25) is 11.7 Å². The number of hydrogen-bond acceptors (Lipinski definition) is 8. The summed E-state index contributed by atoms with van der Waals surface area (Å²) in [5.74, 6) is 0.335. The molecule has 0 aromatic carbocycles. The van der Waals surface area contributed by atoms with Gasteiger partial charge in [0.15, 0.2) is 5.82 Å². The fourth-order valence-electron chi connectivity index (χ4n) is 4.32. The largest absolute Gasteiger partial charge is 0.459 e. The first-order valence-corrected chi connectivity index (χ1v) is 11.5. The number of nitrogens with zero attached hydrogens (tertiary/aromatic N) is 6. The van der Waals surface area contributed by atoms with Gasteiger partial charge in [0.05, 0.1) is 13.2 Å². The van der Waals surface area contributed by atoms with Crippen LogP contribution in [0.3, 0.4) is 0 Å². The van der Waals surface area contributed by atoms with Gasteiger partial charge < -0.3 is 23.8 Å². The van der Waals surface area contributed by atoms with Gasteiger partial charge in [-0.1, -0.05) is 6.08 Å². The SMILES string of the molecule is CC(=O)N1CCN(c2c(C)n(CC(=O)OC(C)(C)C)c3nc(C4=CCOCC4)nn3c2=O)CC1. The normalized spacial score (nSPS) is 17.1. The van der Waals surface area contributed by atoms with Gasteiger partial charge in [0.25, 0.3) is 5.56 Å². The molecule has 0 N–H and O–H groups in total. The van der Waals surface area contributed by atoms with E-state index in [1.54, 1.807) is 23.3 Å². The Morgan fingerprint density at radius 1 is 1.18 bits per heavy atom. The van der Waals surface area contributed by atoms with Crippen LogP contribution in [-0.4, -0.2) is 80.9 Å². The average Bonchev–Trinajstić information content (AvgIpc) is 3.22. The Hall–Kier alpha value is -3.21. The molecular weight excluding hydrogens is 440 g/mol. The monoisotopic (exact) mass is 472 g/mol. The molecule has 2 aromatic rings. The minimum atomic E-state index is -0.641. The second kappa shape index (κ2) is 9.21. The number of esters is 1. The van der Waals surface area contributed by atoms with Crippen LogP contribution in [0.1, 0.15) is 45.6 Å². The molecule has 11 heteroatoms. The summed E-state index contributed by atoms with van der Waals surface area (Å²) in [5, 5.41) is 4.52. The first-order valence-electron chi connectivity index (χ1n) is 11.5. The molecule has 1 saturated heterocycles. The zero-order valence-electron chi connectivity index (χ0n) is 20.5. The topological polar surface area (TPSA) is 111 Å². The van der Waals surface area contributed by atoms with Crippen molar-refractivity contribution in [1.29, 1.82) is 0 Å². The summed E-state index contributed by atoms with van der Waals surface area (Å²) < 4.78 is 13.9. The molecule has 0 radical (unpaired) electrons. The molecule has 0 bridgehead atoms. The molecule has 0 saturated carbocycles. The van der Waals surface area contributed by atoms with Crippen LogP contribution >= 0.6 is 0 Å². The van der Waals surface area contributed by atoms with Crippen LogP contribution in [-0.2, 0) is 25.6 Å². The maximum Gasteiger partial charge on any atom is 0.326 e. The quantitative estimate of drug-likeness (QED) is 0.607. The van der Waals surface area contributed by atoms with Crippen molar-refractivity contribution in [2.75, 3.05) is 44.3 Å². The van der Waals surface area contributed by atoms with E-state index in [-0.39, 0.29) is 18.0 Å². The molecule has 0 atom stereocenters. The highest BCUT2D eigenvalue weighted by Crippen LogP contribution is 2.23. The van der Waals surface area contributed by atoms with E-state index in [9.17, 15) is 14.4 Å². The smallest absolute Gasteiger partial charge is 0.326 e. The van der Waals surface area contributed by atoms with Crippen LogP contribution in [0.4, 0.5) is 5.69 Å². The van der Waals surface area contributed by atoms with Crippen molar-refractivity contribution in [1.82, 2.24) is 24.1 Å². The van der Waals surface area contributed by atoms with Gasteiger partial charge >= 0.3 is 5.97 Å². The highest BCUT2D eigenvalue weighted by molar-refractivity contribution is 5.74. The van der Waals surface area contributed by atoms with E-state index >= 15 is 0 Å². The lowest BCUT2D eigenvalue weighted by molar-refractivity contribution is -0.155. The van der Waals surface area contributed by atoms with E-state index in [4.69, 9.17) is 9.47 Å². The standard InChI is InChI=1S/C23H32N6O5/c1-15-19(27-10-8-26(9-11-27)16(2)30)21(32)29-22(28(15)14-18(31)34-23(3,4)5)24-20(25-29)17-6-12-33-13-7-17/h6H,7-14H2,1-5H3. The summed E-state index contributed by atoms with van der Waals surface area (Å²) in [5.41, 5.74) is 1.04. The maximum atomic E-state index is 13.6. The molecule has 2 aliphatic heterocycles. The summed E-state index contributed by atoms with van der Waals surface area (Å²) in [6.45, 7) is 11.8. The lowest BCUT2D eigenvalue weighted by Gasteiger charge is -2.36.